The molecule has 1 aliphatic heterocycles. The molecular weight excluding hydrogens is 330 g/mol. The Labute approximate surface area is 152 Å². The van der Waals surface area contributed by atoms with E-state index < -0.39 is 0 Å². The Bertz CT molecular complexity index is 757. The fourth-order valence-electron chi connectivity index (χ4n) is 2.93. The van der Waals surface area contributed by atoms with Gasteiger partial charge in [0.15, 0.2) is 0 Å². The molecule has 1 saturated heterocycles. The van der Waals surface area contributed by atoms with Crippen LogP contribution in [0.25, 0.3) is 0 Å². The standard InChI is InChI=1S/C20H23N3O3/c24-12-9-15-3-7-18(8-4-15)22-20(26)17-5-1-16(2-6-17)13-23-11-10-21-19(25)14-23/h1-8,24H,9-14H2,(H,21,25)(H,22,26). The van der Waals surface area contributed by atoms with Crippen molar-refractivity contribution in [2.24, 2.45) is 0 Å². The maximum absolute atomic E-state index is 12.4. The highest BCUT2D eigenvalue weighted by Gasteiger charge is 2.16. The van der Waals surface area contributed by atoms with Crippen molar-refractivity contribution in [3.63, 3.8) is 0 Å². The summed E-state index contributed by atoms with van der Waals surface area (Å²) >= 11 is 0. The topological polar surface area (TPSA) is 81.7 Å². The number of piperazine rings is 1. The van der Waals surface area contributed by atoms with Crippen LogP contribution < -0.4 is 10.6 Å². The lowest BCUT2D eigenvalue weighted by Crippen LogP contribution is -2.47. The molecule has 26 heavy (non-hydrogen) atoms. The minimum atomic E-state index is -0.163. The van der Waals surface area contributed by atoms with Crippen molar-refractivity contribution in [3.05, 3.63) is 65.2 Å². The number of nitrogens with one attached hydrogen (secondary N) is 2. The maximum Gasteiger partial charge on any atom is 0.255 e. The van der Waals surface area contributed by atoms with Gasteiger partial charge in [-0.2, -0.15) is 0 Å². The number of aliphatic hydroxyl groups excluding tert-OH is 1. The molecule has 2 aromatic rings. The van der Waals surface area contributed by atoms with Gasteiger partial charge in [-0.15, -0.1) is 0 Å². The minimum absolute atomic E-state index is 0.0530. The van der Waals surface area contributed by atoms with E-state index in [0.717, 1.165) is 23.4 Å². The Morgan fingerprint density at radius 1 is 1.08 bits per heavy atom. The molecule has 0 bridgehead atoms. The molecule has 0 aliphatic carbocycles. The summed E-state index contributed by atoms with van der Waals surface area (Å²) in [6, 6.07) is 14.9. The van der Waals surface area contributed by atoms with Crippen LogP contribution in [0.4, 0.5) is 5.69 Å². The van der Waals surface area contributed by atoms with Gasteiger partial charge in [0.1, 0.15) is 0 Å². The molecule has 136 valence electrons. The van der Waals surface area contributed by atoms with Crippen molar-refractivity contribution in [1.82, 2.24) is 10.2 Å². The molecule has 1 fully saturated rings. The zero-order chi connectivity index (χ0) is 18.4. The molecule has 2 amide bonds. The Morgan fingerprint density at radius 3 is 2.42 bits per heavy atom. The molecule has 0 spiro atoms. The number of hydrogen-bond donors (Lipinski definition) is 3. The van der Waals surface area contributed by atoms with Crippen LogP contribution in [0.15, 0.2) is 48.5 Å². The Kier molecular flexibility index (Phi) is 5.99. The normalized spacial score (nSPS) is 14.7. The summed E-state index contributed by atoms with van der Waals surface area (Å²) in [6.07, 6.45) is 0.606. The Hall–Kier alpha value is -2.70. The molecular formula is C20H23N3O3. The van der Waals surface area contributed by atoms with Gasteiger partial charge < -0.3 is 15.7 Å². The van der Waals surface area contributed by atoms with Crippen LogP contribution in [0.3, 0.4) is 0 Å². The molecule has 0 radical (unpaired) electrons. The third-order valence-electron chi connectivity index (χ3n) is 4.35. The van der Waals surface area contributed by atoms with Gasteiger partial charge >= 0.3 is 0 Å². The number of hydrogen-bond acceptors (Lipinski definition) is 4. The highest BCUT2D eigenvalue weighted by atomic mass is 16.3. The quantitative estimate of drug-likeness (QED) is 0.733. The van der Waals surface area contributed by atoms with Gasteiger partial charge in [-0.05, 0) is 41.8 Å². The number of amides is 2. The third-order valence-corrected chi connectivity index (χ3v) is 4.35. The summed E-state index contributed by atoms with van der Waals surface area (Å²) in [5.41, 5.74) is 3.41. The molecule has 1 heterocycles. The molecule has 2 aromatic carbocycles. The first kappa shape index (κ1) is 18.1. The summed E-state index contributed by atoms with van der Waals surface area (Å²) in [7, 11) is 0. The lowest BCUT2D eigenvalue weighted by atomic mass is 10.1. The largest absolute Gasteiger partial charge is 0.396 e. The second-order valence-corrected chi connectivity index (χ2v) is 6.38. The molecule has 0 unspecified atom stereocenters. The number of anilines is 1. The maximum atomic E-state index is 12.4. The highest BCUT2D eigenvalue weighted by Crippen LogP contribution is 2.13. The molecule has 6 nitrogen and oxygen atoms in total. The van der Waals surface area contributed by atoms with Gasteiger partial charge in [-0.25, -0.2) is 0 Å². The van der Waals surface area contributed by atoms with Crippen LogP contribution in [-0.2, 0) is 17.8 Å². The second-order valence-electron chi connectivity index (χ2n) is 6.38. The van der Waals surface area contributed by atoms with Crippen molar-refractivity contribution in [1.29, 1.82) is 0 Å². The molecule has 1 aliphatic rings. The zero-order valence-corrected chi connectivity index (χ0v) is 14.6. The van der Waals surface area contributed by atoms with Crippen LogP contribution in [-0.4, -0.2) is 48.1 Å². The highest BCUT2D eigenvalue weighted by molar-refractivity contribution is 6.04. The first-order chi connectivity index (χ1) is 12.6. The summed E-state index contributed by atoms with van der Waals surface area (Å²) in [6.45, 7) is 2.73. The lowest BCUT2D eigenvalue weighted by Gasteiger charge is -2.26. The van der Waals surface area contributed by atoms with E-state index in [1.54, 1.807) is 12.1 Å². The Balaban J connectivity index is 1.57. The first-order valence-electron chi connectivity index (χ1n) is 8.73. The van der Waals surface area contributed by atoms with Gasteiger partial charge in [-0.3, -0.25) is 14.5 Å². The van der Waals surface area contributed by atoms with Gasteiger partial charge in [0.2, 0.25) is 5.91 Å². The smallest absolute Gasteiger partial charge is 0.255 e. The predicted octanol–water partition coefficient (Wildman–Crippen LogP) is 1.41. The second kappa shape index (κ2) is 8.60. The first-order valence-corrected chi connectivity index (χ1v) is 8.73. The van der Waals surface area contributed by atoms with E-state index in [2.05, 4.69) is 15.5 Å². The van der Waals surface area contributed by atoms with E-state index in [9.17, 15) is 9.59 Å². The summed E-state index contributed by atoms with van der Waals surface area (Å²) in [4.78, 5) is 25.9. The predicted molar refractivity (Wildman–Crippen MR) is 99.9 cm³/mol. The summed E-state index contributed by atoms with van der Waals surface area (Å²) in [5, 5.41) is 14.6. The molecule has 3 N–H and O–H groups in total. The van der Waals surface area contributed by atoms with Crippen LogP contribution in [0.2, 0.25) is 0 Å². The number of carbonyl (C=O) groups excluding carboxylic acids is 2. The van der Waals surface area contributed by atoms with Crippen LogP contribution in [0.5, 0.6) is 0 Å². The van der Waals surface area contributed by atoms with Gasteiger partial charge in [-0.1, -0.05) is 24.3 Å². The van der Waals surface area contributed by atoms with E-state index >= 15 is 0 Å². The van der Waals surface area contributed by atoms with Crippen molar-refractivity contribution in [3.8, 4) is 0 Å². The number of nitrogens with zero attached hydrogens (tertiary/aromatic N) is 1. The average molecular weight is 353 g/mol. The SMILES string of the molecule is O=C1CN(Cc2ccc(C(=O)Nc3ccc(CCO)cc3)cc2)CCN1. The average Bonchev–Trinajstić information content (AvgIpc) is 2.64. The Morgan fingerprint density at radius 2 is 1.77 bits per heavy atom. The molecule has 0 saturated carbocycles. The fraction of sp³-hybridized carbons (Fsp3) is 0.300. The molecule has 0 aromatic heterocycles. The molecule has 0 atom stereocenters. The minimum Gasteiger partial charge on any atom is -0.396 e. The van der Waals surface area contributed by atoms with E-state index in [0.29, 0.717) is 31.6 Å². The summed E-state index contributed by atoms with van der Waals surface area (Å²) < 4.78 is 0. The number of aliphatic hydroxyl groups is 1. The van der Waals surface area contributed by atoms with Crippen LogP contribution in [0.1, 0.15) is 21.5 Å². The molecule has 6 heteroatoms. The lowest BCUT2D eigenvalue weighted by molar-refractivity contribution is -0.124. The van der Waals surface area contributed by atoms with Crippen molar-refractivity contribution >= 4 is 17.5 Å². The fourth-order valence-corrected chi connectivity index (χ4v) is 2.93. The number of rotatable bonds is 6. The third kappa shape index (κ3) is 4.91. The van der Waals surface area contributed by atoms with E-state index in [1.807, 2.05) is 36.4 Å². The van der Waals surface area contributed by atoms with Crippen molar-refractivity contribution in [2.75, 3.05) is 31.6 Å². The molecule has 3 rings (SSSR count). The van der Waals surface area contributed by atoms with E-state index in [1.165, 1.54) is 0 Å². The van der Waals surface area contributed by atoms with Crippen molar-refractivity contribution in [2.45, 2.75) is 13.0 Å². The van der Waals surface area contributed by atoms with E-state index in [4.69, 9.17) is 5.11 Å². The van der Waals surface area contributed by atoms with Crippen LogP contribution >= 0.6 is 0 Å². The van der Waals surface area contributed by atoms with Gasteiger partial charge in [0.25, 0.3) is 5.91 Å². The zero-order valence-electron chi connectivity index (χ0n) is 14.6. The van der Waals surface area contributed by atoms with Crippen LogP contribution in [0, 0.1) is 0 Å². The van der Waals surface area contributed by atoms with Gasteiger partial charge in [0.05, 0.1) is 6.54 Å². The number of benzene rings is 2. The number of carbonyl (C=O) groups is 2. The monoisotopic (exact) mass is 353 g/mol. The van der Waals surface area contributed by atoms with E-state index in [-0.39, 0.29) is 18.4 Å². The van der Waals surface area contributed by atoms with Crippen molar-refractivity contribution < 1.29 is 14.7 Å². The summed E-state index contributed by atoms with van der Waals surface area (Å²) in [5.74, 6) is -0.110. The van der Waals surface area contributed by atoms with Gasteiger partial charge in [0, 0.05) is 37.5 Å².